The molecule has 0 radical (unpaired) electrons. The largest absolute Gasteiger partial charge is 0.362 e. The molecule has 23 heavy (non-hydrogen) atoms. The van der Waals surface area contributed by atoms with E-state index in [4.69, 9.17) is 12.2 Å². The predicted molar refractivity (Wildman–Crippen MR) is 99.5 cm³/mol. The Morgan fingerprint density at radius 1 is 1.04 bits per heavy atom. The van der Waals surface area contributed by atoms with Crippen LogP contribution in [0.15, 0.2) is 48.5 Å². The highest BCUT2D eigenvalue weighted by Crippen LogP contribution is 2.17. The van der Waals surface area contributed by atoms with Crippen LogP contribution < -0.4 is 10.6 Å². The summed E-state index contributed by atoms with van der Waals surface area (Å²) in [6.07, 6.45) is 1.85. The summed E-state index contributed by atoms with van der Waals surface area (Å²) in [5, 5.41) is 7.01. The molecule has 0 fully saturated rings. The molecule has 2 rings (SSSR count). The highest BCUT2D eigenvalue weighted by Gasteiger charge is 2.01. The minimum absolute atomic E-state index is 0.194. The van der Waals surface area contributed by atoms with Gasteiger partial charge in [-0.3, -0.25) is 0 Å². The predicted octanol–water partition coefficient (Wildman–Crippen LogP) is 4.87. The summed E-state index contributed by atoms with van der Waals surface area (Å²) < 4.78 is 12.8. The van der Waals surface area contributed by atoms with Crippen molar-refractivity contribution in [2.24, 2.45) is 0 Å². The third kappa shape index (κ3) is 5.99. The molecule has 4 heteroatoms. The topological polar surface area (TPSA) is 24.1 Å². The maximum absolute atomic E-state index is 12.8. The van der Waals surface area contributed by atoms with Crippen molar-refractivity contribution in [1.29, 1.82) is 0 Å². The molecule has 0 aromatic heterocycles. The van der Waals surface area contributed by atoms with Crippen molar-refractivity contribution in [3.8, 4) is 0 Å². The van der Waals surface area contributed by atoms with E-state index in [0.717, 1.165) is 30.6 Å². The number of hydrogen-bond donors (Lipinski definition) is 2. The molecule has 0 amide bonds. The van der Waals surface area contributed by atoms with Gasteiger partial charge in [0.1, 0.15) is 5.82 Å². The van der Waals surface area contributed by atoms with Crippen LogP contribution in [0.3, 0.4) is 0 Å². The summed E-state index contributed by atoms with van der Waals surface area (Å²) in [6.45, 7) is 5.14. The van der Waals surface area contributed by atoms with Crippen molar-refractivity contribution in [2.45, 2.75) is 32.6 Å². The molecule has 0 atom stereocenters. The first kappa shape index (κ1) is 17.4. The van der Waals surface area contributed by atoms with Crippen LogP contribution in [-0.4, -0.2) is 11.7 Å². The molecule has 2 aromatic rings. The van der Waals surface area contributed by atoms with Gasteiger partial charge in [0.15, 0.2) is 5.11 Å². The van der Waals surface area contributed by atoms with E-state index in [1.54, 1.807) is 0 Å². The summed E-state index contributed by atoms with van der Waals surface area (Å²) in [4.78, 5) is 0. The summed E-state index contributed by atoms with van der Waals surface area (Å²) in [5.74, 6) is 0.335. The van der Waals surface area contributed by atoms with Crippen LogP contribution in [0.4, 0.5) is 10.1 Å². The molecule has 0 heterocycles. The van der Waals surface area contributed by atoms with E-state index >= 15 is 0 Å². The highest BCUT2D eigenvalue weighted by atomic mass is 32.1. The van der Waals surface area contributed by atoms with E-state index in [9.17, 15) is 4.39 Å². The minimum Gasteiger partial charge on any atom is -0.362 e. The third-order valence-corrected chi connectivity index (χ3v) is 3.92. The van der Waals surface area contributed by atoms with Crippen molar-refractivity contribution in [1.82, 2.24) is 5.32 Å². The van der Waals surface area contributed by atoms with Gasteiger partial charge in [0.2, 0.25) is 0 Å². The van der Waals surface area contributed by atoms with E-state index in [1.165, 1.54) is 17.7 Å². The van der Waals surface area contributed by atoms with Crippen molar-refractivity contribution in [3.63, 3.8) is 0 Å². The number of anilines is 1. The van der Waals surface area contributed by atoms with E-state index in [2.05, 4.69) is 36.6 Å². The summed E-state index contributed by atoms with van der Waals surface area (Å²) in [5.41, 5.74) is 3.44. The molecule has 0 aliphatic carbocycles. The van der Waals surface area contributed by atoms with Crippen LogP contribution in [0.25, 0.3) is 0 Å². The Labute approximate surface area is 143 Å². The van der Waals surface area contributed by atoms with Crippen LogP contribution in [0.2, 0.25) is 0 Å². The van der Waals surface area contributed by atoms with E-state index in [1.807, 2.05) is 24.3 Å². The third-order valence-electron chi connectivity index (χ3n) is 3.68. The second kappa shape index (κ2) is 8.63. The Balaban J connectivity index is 1.69. The number of nitrogens with one attached hydrogen (secondary N) is 2. The average Bonchev–Trinajstić information content (AvgIpc) is 2.54. The lowest BCUT2D eigenvalue weighted by atomic mass is 10.0. The summed E-state index contributed by atoms with van der Waals surface area (Å²) in [7, 11) is 0. The van der Waals surface area contributed by atoms with Gasteiger partial charge >= 0.3 is 0 Å². The fraction of sp³-hybridized carbons (Fsp3) is 0.316. The first-order valence-corrected chi connectivity index (χ1v) is 8.34. The van der Waals surface area contributed by atoms with Crippen molar-refractivity contribution in [2.75, 3.05) is 11.9 Å². The molecule has 0 aliphatic heterocycles. The van der Waals surface area contributed by atoms with Gasteiger partial charge in [-0.25, -0.2) is 4.39 Å². The number of rotatable bonds is 6. The molecule has 0 saturated heterocycles. The quantitative estimate of drug-likeness (QED) is 0.584. The Morgan fingerprint density at radius 2 is 1.70 bits per heavy atom. The Kier molecular flexibility index (Phi) is 6.53. The van der Waals surface area contributed by atoms with Crippen molar-refractivity contribution >= 4 is 23.0 Å². The number of hydrogen-bond acceptors (Lipinski definition) is 1. The second-order valence-corrected chi connectivity index (χ2v) is 6.30. The van der Waals surface area contributed by atoms with Gasteiger partial charge < -0.3 is 10.6 Å². The molecule has 2 aromatic carbocycles. The minimum atomic E-state index is -0.194. The standard InChI is InChI=1S/C19H23FN2S/c1-14(2)16-7-11-18(12-8-16)22-19(23)21-13-3-4-15-5-9-17(20)10-6-15/h5-12,14H,3-4,13H2,1-2H3,(H2,21,22,23). The molecule has 2 nitrogen and oxygen atoms in total. The van der Waals surface area contributed by atoms with Gasteiger partial charge in [0.25, 0.3) is 0 Å². The van der Waals surface area contributed by atoms with E-state index in [-0.39, 0.29) is 5.82 Å². The van der Waals surface area contributed by atoms with Crippen molar-refractivity contribution in [3.05, 3.63) is 65.5 Å². The average molecular weight is 330 g/mol. The van der Waals surface area contributed by atoms with Gasteiger partial charge in [-0.15, -0.1) is 0 Å². The van der Waals surface area contributed by atoms with Gasteiger partial charge in [0, 0.05) is 12.2 Å². The van der Waals surface area contributed by atoms with Crippen LogP contribution in [0.5, 0.6) is 0 Å². The van der Waals surface area contributed by atoms with Gasteiger partial charge in [0.05, 0.1) is 0 Å². The monoisotopic (exact) mass is 330 g/mol. The summed E-state index contributed by atoms with van der Waals surface area (Å²) in [6, 6.07) is 15.0. The number of thiocarbonyl (C=S) groups is 1. The van der Waals surface area contributed by atoms with E-state index < -0.39 is 0 Å². The van der Waals surface area contributed by atoms with Gasteiger partial charge in [-0.2, -0.15) is 0 Å². The Morgan fingerprint density at radius 3 is 2.30 bits per heavy atom. The maximum Gasteiger partial charge on any atom is 0.170 e. The molecule has 2 N–H and O–H groups in total. The van der Waals surface area contributed by atoms with Gasteiger partial charge in [-0.05, 0) is 66.4 Å². The zero-order chi connectivity index (χ0) is 16.7. The van der Waals surface area contributed by atoms with Crippen LogP contribution in [-0.2, 0) is 6.42 Å². The zero-order valence-corrected chi connectivity index (χ0v) is 14.4. The zero-order valence-electron chi connectivity index (χ0n) is 13.6. The molecule has 0 aliphatic rings. The first-order valence-electron chi connectivity index (χ1n) is 7.94. The van der Waals surface area contributed by atoms with Crippen LogP contribution in [0.1, 0.15) is 37.3 Å². The molecule has 0 saturated carbocycles. The molecule has 0 spiro atoms. The highest BCUT2D eigenvalue weighted by molar-refractivity contribution is 7.80. The lowest BCUT2D eigenvalue weighted by Gasteiger charge is -2.12. The number of aryl methyl sites for hydroxylation is 1. The lowest BCUT2D eigenvalue weighted by molar-refractivity contribution is 0.626. The normalized spacial score (nSPS) is 10.6. The number of benzene rings is 2. The lowest BCUT2D eigenvalue weighted by Crippen LogP contribution is -2.29. The Bertz CT molecular complexity index is 621. The van der Waals surface area contributed by atoms with E-state index in [0.29, 0.717) is 11.0 Å². The molecule has 122 valence electrons. The van der Waals surface area contributed by atoms with Crippen LogP contribution >= 0.6 is 12.2 Å². The fourth-order valence-corrected chi connectivity index (χ4v) is 2.49. The van der Waals surface area contributed by atoms with Crippen molar-refractivity contribution < 1.29 is 4.39 Å². The first-order chi connectivity index (χ1) is 11.0. The summed E-state index contributed by atoms with van der Waals surface area (Å²) >= 11 is 5.30. The molecule has 0 unspecified atom stereocenters. The molecular weight excluding hydrogens is 307 g/mol. The SMILES string of the molecule is CC(C)c1ccc(NC(=S)NCCCc2ccc(F)cc2)cc1. The number of halogens is 1. The second-order valence-electron chi connectivity index (χ2n) is 5.89. The Hall–Kier alpha value is -1.94. The fourth-order valence-electron chi connectivity index (χ4n) is 2.27. The molecule has 0 bridgehead atoms. The van der Waals surface area contributed by atoms with Crippen LogP contribution in [0, 0.1) is 5.82 Å². The smallest absolute Gasteiger partial charge is 0.170 e. The molecular formula is C19H23FN2S. The van der Waals surface area contributed by atoms with Gasteiger partial charge in [-0.1, -0.05) is 38.1 Å². The maximum atomic E-state index is 12.8.